The van der Waals surface area contributed by atoms with E-state index in [1.54, 1.807) is 6.20 Å². The van der Waals surface area contributed by atoms with Crippen LogP contribution in [0, 0.1) is 0 Å². The summed E-state index contributed by atoms with van der Waals surface area (Å²) < 4.78 is 40.0. The van der Waals surface area contributed by atoms with E-state index in [0.717, 1.165) is 24.6 Å². The average Bonchev–Trinajstić information content (AvgIpc) is 2.93. The topological polar surface area (TPSA) is 46.8 Å². The van der Waals surface area contributed by atoms with Crippen LogP contribution in [0.5, 0.6) is 0 Å². The zero-order valence-electron chi connectivity index (χ0n) is 12.1. The molecular formula is C14H16F3N5. The van der Waals surface area contributed by atoms with Gasteiger partial charge in [-0.15, -0.1) is 0 Å². The lowest BCUT2D eigenvalue weighted by Crippen LogP contribution is -2.35. The van der Waals surface area contributed by atoms with Crippen molar-refractivity contribution in [3.8, 4) is 0 Å². The molecule has 0 aromatic carbocycles. The van der Waals surface area contributed by atoms with Gasteiger partial charge in [-0.05, 0) is 25.0 Å². The minimum atomic E-state index is -4.44. The van der Waals surface area contributed by atoms with Gasteiger partial charge in [-0.2, -0.15) is 18.3 Å². The fraction of sp³-hybridized carbons (Fsp3) is 0.500. The molecule has 0 radical (unpaired) electrons. The smallest absolute Gasteiger partial charge is 0.341 e. The molecule has 118 valence electrons. The molecule has 0 atom stereocenters. The molecule has 0 aliphatic carbocycles. The van der Waals surface area contributed by atoms with Gasteiger partial charge in [0.15, 0.2) is 0 Å². The largest absolute Gasteiger partial charge is 0.433 e. The summed E-state index contributed by atoms with van der Waals surface area (Å²) >= 11 is 0. The second-order valence-corrected chi connectivity index (χ2v) is 5.38. The zero-order valence-corrected chi connectivity index (χ0v) is 12.1. The predicted molar refractivity (Wildman–Crippen MR) is 74.4 cm³/mol. The molecule has 1 aliphatic rings. The Bertz CT molecular complexity index is 644. The Morgan fingerprint density at radius 3 is 2.45 bits per heavy atom. The van der Waals surface area contributed by atoms with E-state index >= 15 is 0 Å². The third kappa shape index (κ3) is 2.90. The van der Waals surface area contributed by atoms with Crippen molar-refractivity contribution in [2.75, 3.05) is 18.0 Å². The normalized spacial score (nSPS) is 17.0. The number of rotatable bonds is 2. The van der Waals surface area contributed by atoms with Crippen LogP contribution in [-0.2, 0) is 13.2 Å². The van der Waals surface area contributed by atoms with Crippen molar-refractivity contribution in [2.45, 2.75) is 24.9 Å². The lowest BCUT2D eigenvalue weighted by Gasteiger charge is -2.32. The zero-order chi connectivity index (χ0) is 15.7. The first-order chi connectivity index (χ1) is 10.4. The number of aryl methyl sites for hydroxylation is 1. The van der Waals surface area contributed by atoms with Crippen LogP contribution in [0.3, 0.4) is 0 Å². The molecule has 3 rings (SSSR count). The predicted octanol–water partition coefficient (Wildman–Crippen LogP) is 2.61. The number of hydrogen-bond acceptors (Lipinski definition) is 4. The SMILES string of the molecule is Cn1nccc1C1CCN(c2nccc(C(F)(F)F)n2)CC1. The van der Waals surface area contributed by atoms with Crippen molar-refractivity contribution in [3.05, 3.63) is 35.9 Å². The summed E-state index contributed by atoms with van der Waals surface area (Å²) in [4.78, 5) is 9.43. The molecule has 2 aromatic heterocycles. The van der Waals surface area contributed by atoms with E-state index in [-0.39, 0.29) is 5.95 Å². The monoisotopic (exact) mass is 311 g/mol. The second kappa shape index (κ2) is 5.58. The number of nitrogens with zero attached hydrogens (tertiary/aromatic N) is 5. The van der Waals surface area contributed by atoms with E-state index in [4.69, 9.17) is 0 Å². The number of alkyl halides is 3. The molecule has 0 unspecified atom stereocenters. The first-order valence-corrected chi connectivity index (χ1v) is 7.08. The summed E-state index contributed by atoms with van der Waals surface area (Å²) in [5.74, 6) is 0.521. The van der Waals surface area contributed by atoms with Crippen LogP contribution in [0.2, 0.25) is 0 Å². The van der Waals surface area contributed by atoms with Crippen LogP contribution in [0.15, 0.2) is 24.5 Å². The summed E-state index contributed by atoms with van der Waals surface area (Å²) in [6.07, 6.45) is 0.180. The molecule has 1 saturated heterocycles. The molecule has 0 amide bonds. The second-order valence-electron chi connectivity index (χ2n) is 5.38. The Labute approximate surface area is 125 Å². The number of halogens is 3. The maximum Gasteiger partial charge on any atom is 0.433 e. The van der Waals surface area contributed by atoms with Crippen LogP contribution in [0.25, 0.3) is 0 Å². The summed E-state index contributed by atoms with van der Waals surface area (Å²) in [7, 11) is 1.90. The Balaban J connectivity index is 1.70. The highest BCUT2D eigenvalue weighted by molar-refractivity contribution is 5.32. The molecule has 0 spiro atoms. The summed E-state index contributed by atoms with van der Waals surface area (Å²) in [6.45, 7) is 1.27. The first-order valence-electron chi connectivity index (χ1n) is 7.08. The highest BCUT2D eigenvalue weighted by Crippen LogP contribution is 2.31. The molecule has 3 heterocycles. The summed E-state index contributed by atoms with van der Waals surface area (Å²) in [5.41, 5.74) is 0.260. The number of piperidine rings is 1. The van der Waals surface area contributed by atoms with Crippen molar-refractivity contribution in [1.82, 2.24) is 19.7 Å². The van der Waals surface area contributed by atoms with E-state index < -0.39 is 11.9 Å². The highest BCUT2D eigenvalue weighted by atomic mass is 19.4. The van der Waals surface area contributed by atoms with Crippen LogP contribution in [-0.4, -0.2) is 32.8 Å². The third-order valence-corrected chi connectivity index (χ3v) is 3.99. The van der Waals surface area contributed by atoms with E-state index in [1.807, 2.05) is 22.7 Å². The Morgan fingerprint density at radius 2 is 1.86 bits per heavy atom. The first kappa shape index (κ1) is 14.8. The highest BCUT2D eigenvalue weighted by Gasteiger charge is 2.33. The summed E-state index contributed by atoms with van der Waals surface area (Å²) in [5, 5.41) is 4.16. The third-order valence-electron chi connectivity index (χ3n) is 3.99. The van der Waals surface area contributed by atoms with Crippen LogP contribution in [0.1, 0.15) is 30.1 Å². The molecule has 0 N–H and O–H groups in total. The van der Waals surface area contributed by atoms with E-state index in [9.17, 15) is 13.2 Å². The van der Waals surface area contributed by atoms with Crippen LogP contribution in [0.4, 0.5) is 19.1 Å². The fourth-order valence-corrected chi connectivity index (χ4v) is 2.82. The van der Waals surface area contributed by atoms with Crippen molar-refractivity contribution in [2.24, 2.45) is 7.05 Å². The molecule has 22 heavy (non-hydrogen) atoms. The van der Waals surface area contributed by atoms with Crippen LogP contribution < -0.4 is 4.90 Å². The van der Waals surface area contributed by atoms with Crippen LogP contribution >= 0.6 is 0 Å². The van der Waals surface area contributed by atoms with Crippen molar-refractivity contribution >= 4 is 5.95 Å². The molecule has 2 aromatic rings. The minimum absolute atomic E-state index is 0.151. The van der Waals surface area contributed by atoms with Gasteiger partial charge in [0.05, 0.1) is 0 Å². The van der Waals surface area contributed by atoms with Gasteiger partial charge in [0.2, 0.25) is 5.95 Å². The number of anilines is 1. The number of aromatic nitrogens is 4. The molecule has 5 nitrogen and oxygen atoms in total. The molecule has 0 saturated carbocycles. The van der Waals surface area contributed by atoms with Gasteiger partial charge in [-0.1, -0.05) is 0 Å². The average molecular weight is 311 g/mol. The van der Waals surface area contributed by atoms with E-state index in [1.165, 1.54) is 6.20 Å². The quantitative estimate of drug-likeness (QED) is 0.855. The van der Waals surface area contributed by atoms with Gasteiger partial charge in [0.1, 0.15) is 5.69 Å². The lowest BCUT2D eigenvalue weighted by atomic mass is 9.93. The van der Waals surface area contributed by atoms with Crippen molar-refractivity contribution < 1.29 is 13.2 Å². The molecule has 1 aliphatic heterocycles. The van der Waals surface area contributed by atoms with Gasteiger partial charge in [0.25, 0.3) is 0 Å². The fourth-order valence-electron chi connectivity index (χ4n) is 2.82. The maximum absolute atomic E-state index is 12.7. The lowest BCUT2D eigenvalue weighted by molar-refractivity contribution is -0.141. The minimum Gasteiger partial charge on any atom is -0.341 e. The standard InChI is InChI=1S/C14H16F3N5/c1-21-11(2-7-19-21)10-4-8-22(9-5-10)13-18-6-3-12(20-13)14(15,16)17/h2-3,6-7,10H,4-5,8-9H2,1H3. The molecular weight excluding hydrogens is 295 g/mol. The van der Waals surface area contributed by atoms with E-state index in [0.29, 0.717) is 19.0 Å². The van der Waals surface area contributed by atoms with Gasteiger partial charge in [-0.25, -0.2) is 9.97 Å². The Kier molecular flexibility index (Phi) is 3.76. The van der Waals surface area contributed by atoms with Gasteiger partial charge in [0, 0.05) is 44.1 Å². The Morgan fingerprint density at radius 1 is 1.14 bits per heavy atom. The van der Waals surface area contributed by atoms with Gasteiger partial charge >= 0.3 is 6.18 Å². The van der Waals surface area contributed by atoms with Crippen molar-refractivity contribution in [1.29, 1.82) is 0 Å². The molecule has 0 bridgehead atoms. The molecule has 1 fully saturated rings. The maximum atomic E-state index is 12.7. The van der Waals surface area contributed by atoms with Gasteiger partial charge < -0.3 is 4.90 Å². The number of hydrogen-bond donors (Lipinski definition) is 0. The van der Waals surface area contributed by atoms with Gasteiger partial charge in [-0.3, -0.25) is 4.68 Å². The Hall–Kier alpha value is -2.12. The van der Waals surface area contributed by atoms with E-state index in [2.05, 4.69) is 15.1 Å². The molecule has 8 heteroatoms. The van der Waals surface area contributed by atoms with Crippen molar-refractivity contribution in [3.63, 3.8) is 0 Å². The summed E-state index contributed by atoms with van der Waals surface area (Å²) in [6, 6.07) is 2.88.